The standard InChI is InChI=1S/C16H15NO3S/c1-10-7-17(8-11-4-2-3-5-13(10)11)15(18)14-6-12(9-21-14)16(19)20/h2-6,9-10H,7-8H2,1H3,(H,19,20). The quantitative estimate of drug-likeness (QED) is 0.926. The monoisotopic (exact) mass is 301 g/mol. The lowest BCUT2D eigenvalue weighted by atomic mass is 9.91. The van der Waals surface area contributed by atoms with Crippen LogP contribution in [0.1, 0.15) is 44.0 Å². The SMILES string of the molecule is CC1CN(C(=O)c2cc(C(=O)O)cs2)Cc2ccccc21. The highest BCUT2D eigenvalue weighted by atomic mass is 32.1. The van der Waals surface area contributed by atoms with E-state index < -0.39 is 5.97 Å². The molecule has 1 atom stereocenters. The molecule has 4 nitrogen and oxygen atoms in total. The number of carboxylic acid groups (broad SMARTS) is 1. The van der Waals surface area contributed by atoms with E-state index in [2.05, 4.69) is 13.0 Å². The van der Waals surface area contributed by atoms with Crippen molar-refractivity contribution in [2.24, 2.45) is 0 Å². The van der Waals surface area contributed by atoms with Crippen molar-refractivity contribution >= 4 is 23.2 Å². The van der Waals surface area contributed by atoms with Crippen LogP contribution in [0.2, 0.25) is 0 Å². The predicted octanol–water partition coefficient (Wildman–Crippen LogP) is 3.21. The predicted molar refractivity (Wildman–Crippen MR) is 80.9 cm³/mol. The zero-order valence-electron chi connectivity index (χ0n) is 11.6. The lowest BCUT2D eigenvalue weighted by molar-refractivity contribution is 0.0697. The van der Waals surface area contributed by atoms with Crippen LogP contribution in [0.25, 0.3) is 0 Å². The minimum absolute atomic E-state index is 0.0890. The molecule has 5 heteroatoms. The Bertz CT molecular complexity index is 707. The molecular weight excluding hydrogens is 286 g/mol. The van der Waals surface area contributed by atoms with Crippen LogP contribution in [0, 0.1) is 0 Å². The number of rotatable bonds is 2. The number of thiophene rings is 1. The van der Waals surface area contributed by atoms with E-state index in [9.17, 15) is 9.59 Å². The number of hydrogen-bond acceptors (Lipinski definition) is 3. The molecule has 1 amide bonds. The molecule has 1 N–H and O–H groups in total. The number of carbonyl (C=O) groups is 2. The molecule has 1 aliphatic heterocycles. The van der Waals surface area contributed by atoms with Gasteiger partial charge in [-0.25, -0.2) is 4.79 Å². The lowest BCUT2D eigenvalue weighted by Gasteiger charge is -2.32. The van der Waals surface area contributed by atoms with Crippen LogP contribution >= 0.6 is 11.3 Å². The van der Waals surface area contributed by atoms with Gasteiger partial charge in [-0.2, -0.15) is 0 Å². The third kappa shape index (κ3) is 2.56. The van der Waals surface area contributed by atoms with E-state index in [1.165, 1.54) is 33.9 Å². The number of fused-ring (bicyclic) bond motifs is 1. The summed E-state index contributed by atoms with van der Waals surface area (Å²) in [6.07, 6.45) is 0. The molecule has 0 saturated carbocycles. The Labute approximate surface area is 126 Å². The Morgan fingerprint density at radius 1 is 1.33 bits per heavy atom. The average molecular weight is 301 g/mol. The second-order valence-electron chi connectivity index (χ2n) is 5.29. The Balaban J connectivity index is 1.84. The minimum Gasteiger partial charge on any atom is -0.478 e. The Morgan fingerprint density at radius 2 is 2.10 bits per heavy atom. The van der Waals surface area contributed by atoms with Gasteiger partial charge in [0.25, 0.3) is 5.91 Å². The van der Waals surface area contributed by atoms with Crippen molar-refractivity contribution in [1.82, 2.24) is 4.90 Å². The first-order valence-corrected chi connectivity index (χ1v) is 7.63. The highest BCUT2D eigenvalue weighted by molar-refractivity contribution is 7.12. The molecule has 1 unspecified atom stereocenters. The maximum atomic E-state index is 12.5. The van der Waals surface area contributed by atoms with Gasteiger partial charge in [0.15, 0.2) is 0 Å². The van der Waals surface area contributed by atoms with Gasteiger partial charge in [0, 0.05) is 18.5 Å². The molecule has 0 aliphatic carbocycles. The minimum atomic E-state index is -0.998. The number of carboxylic acids is 1. The molecule has 0 bridgehead atoms. The maximum Gasteiger partial charge on any atom is 0.336 e. The topological polar surface area (TPSA) is 57.6 Å². The number of benzene rings is 1. The van der Waals surface area contributed by atoms with Gasteiger partial charge in [0.2, 0.25) is 0 Å². The van der Waals surface area contributed by atoms with Gasteiger partial charge in [-0.3, -0.25) is 4.79 Å². The van der Waals surface area contributed by atoms with Gasteiger partial charge in [-0.05, 0) is 23.1 Å². The van der Waals surface area contributed by atoms with Crippen LogP contribution in [0.5, 0.6) is 0 Å². The van der Waals surface area contributed by atoms with Crippen molar-refractivity contribution in [2.45, 2.75) is 19.4 Å². The zero-order valence-corrected chi connectivity index (χ0v) is 12.4. The first kappa shape index (κ1) is 13.8. The summed E-state index contributed by atoms with van der Waals surface area (Å²) in [5, 5.41) is 10.5. The normalized spacial score (nSPS) is 17.4. The third-order valence-corrected chi connectivity index (χ3v) is 4.70. The Morgan fingerprint density at radius 3 is 2.81 bits per heavy atom. The van der Waals surface area contributed by atoms with E-state index in [1.54, 1.807) is 4.90 Å². The molecule has 1 aromatic heterocycles. The molecule has 0 spiro atoms. The Kier molecular flexibility index (Phi) is 3.51. The summed E-state index contributed by atoms with van der Waals surface area (Å²) >= 11 is 1.19. The van der Waals surface area contributed by atoms with Crippen LogP contribution in [-0.4, -0.2) is 28.4 Å². The van der Waals surface area contributed by atoms with Gasteiger partial charge in [0.1, 0.15) is 0 Å². The van der Waals surface area contributed by atoms with E-state index in [4.69, 9.17) is 5.11 Å². The van der Waals surface area contributed by atoms with Crippen LogP contribution in [0.15, 0.2) is 35.7 Å². The summed E-state index contributed by atoms with van der Waals surface area (Å²) in [5.41, 5.74) is 2.63. The van der Waals surface area contributed by atoms with Crippen molar-refractivity contribution in [3.05, 3.63) is 57.3 Å². The van der Waals surface area contributed by atoms with Crippen LogP contribution in [0.3, 0.4) is 0 Å². The fraction of sp³-hybridized carbons (Fsp3) is 0.250. The fourth-order valence-corrected chi connectivity index (χ4v) is 3.58. The van der Waals surface area contributed by atoms with Crippen LogP contribution in [0.4, 0.5) is 0 Å². The van der Waals surface area contributed by atoms with E-state index in [-0.39, 0.29) is 17.4 Å². The van der Waals surface area contributed by atoms with Crippen LogP contribution in [-0.2, 0) is 6.54 Å². The van der Waals surface area contributed by atoms with Crippen molar-refractivity contribution < 1.29 is 14.7 Å². The van der Waals surface area contributed by atoms with E-state index in [0.717, 1.165) is 0 Å². The summed E-state index contributed by atoms with van der Waals surface area (Å²) in [4.78, 5) is 25.7. The molecule has 0 saturated heterocycles. The van der Waals surface area contributed by atoms with Crippen molar-refractivity contribution in [1.29, 1.82) is 0 Å². The maximum absolute atomic E-state index is 12.5. The molecule has 0 fully saturated rings. The second-order valence-corrected chi connectivity index (χ2v) is 6.20. The summed E-state index contributed by atoms with van der Waals surface area (Å²) in [7, 11) is 0. The summed E-state index contributed by atoms with van der Waals surface area (Å²) in [6.45, 7) is 3.35. The van der Waals surface area contributed by atoms with Gasteiger partial charge in [-0.1, -0.05) is 31.2 Å². The molecule has 1 aromatic carbocycles. The summed E-state index contributed by atoms with van der Waals surface area (Å²) in [6, 6.07) is 9.61. The molecule has 2 aromatic rings. The second kappa shape index (κ2) is 5.33. The van der Waals surface area contributed by atoms with E-state index >= 15 is 0 Å². The third-order valence-electron chi connectivity index (χ3n) is 3.79. The van der Waals surface area contributed by atoms with Gasteiger partial charge >= 0.3 is 5.97 Å². The molecule has 2 heterocycles. The summed E-state index contributed by atoms with van der Waals surface area (Å²) < 4.78 is 0. The average Bonchev–Trinajstić information content (AvgIpc) is 2.96. The molecular formula is C16H15NO3S. The fourth-order valence-electron chi connectivity index (χ4n) is 2.73. The smallest absolute Gasteiger partial charge is 0.336 e. The summed E-state index contributed by atoms with van der Waals surface area (Å²) in [5.74, 6) is -0.797. The highest BCUT2D eigenvalue weighted by Crippen LogP contribution is 2.29. The van der Waals surface area contributed by atoms with Gasteiger partial charge < -0.3 is 10.0 Å². The molecule has 3 rings (SSSR count). The molecule has 1 aliphatic rings. The van der Waals surface area contributed by atoms with Crippen LogP contribution < -0.4 is 0 Å². The van der Waals surface area contributed by atoms with Crippen molar-refractivity contribution in [2.75, 3.05) is 6.54 Å². The zero-order chi connectivity index (χ0) is 15.0. The molecule has 21 heavy (non-hydrogen) atoms. The lowest BCUT2D eigenvalue weighted by Crippen LogP contribution is -2.37. The van der Waals surface area contributed by atoms with Gasteiger partial charge in [-0.15, -0.1) is 11.3 Å². The first-order chi connectivity index (χ1) is 10.1. The van der Waals surface area contributed by atoms with Crippen molar-refractivity contribution in [3.8, 4) is 0 Å². The number of aromatic carboxylic acids is 1. The number of nitrogens with zero attached hydrogens (tertiary/aromatic N) is 1. The van der Waals surface area contributed by atoms with E-state index in [1.807, 2.05) is 18.2 Å². The largest absolute Gasteiger partial charge is 0.478 e. The molecule has 0 radical (unpaired) electrons. The number of amides is 1. The van der Waals surface area contributed by atoms with Gasteiger partial charge in [0.05, 0.1) is 10.4 Å². The molecule has 108 valence electrons. The Hall–Kier alpha value is -2.14. The van der Waals surface area contributed by atoms with E-state index in [0.29, 0.717) is 18.0 Å². The highest BCUT2D eigenvalue weighted by Gasteiger charge is 2.27. The number of carbonyl (C=O) groups excluding carboxylic acids is 1. The number of hydrogen-bond donors (Lipinski definition) is 1. The van der Waals surface area contributed by atoms with Crippen molar-refractivity contribution in [3.63, 3.8) is 0 Å². The first-order valence-electron chi connectivity index (χ1n) is 6.75.